The van der Waals surface area contributed by atoms with Gasteiger partial charge in [0.05, 0.1) is 5.56 Å². The SMILES string of the molecule is CCN1CCN(c2ccc(NC(=S)NC(=O)c3ccccc3I)cc2)CC1. The van der Waals surface area contributed by atoms with Crippen LogP contribution in [0.2, 0.25) is 0 Å². The molecular formula is C20H23IN4OS. The molecule has 1 aliphatic heterocycles. The number of hydrogen-bond donors (Lipinski definition) is 2. The van der Waals surface area contributed by atoms with Crippen LogP contribution in [0.5, 0.6) is 0 Å². The minimum Gasteiger partial charge on any atom is -0.369 e. The predicted octanol–water partition coefficient (Wildman–Crippen LogP) is 3.56. The first-order valence-corrected chi connectivity index (χ1v) is 10.5. The van der Waals surface area contributed by atoms with Crippen LogP contribution in [-0.4, -0.2) is 48.6 Å². The number of likely N-dealkylation sites (N-methyl/N-ethyl adjacent to an activating group) is 1. The molecule has 2 aromatic rings. The van der Waals surface area contributed by atoms with Gasteiger partial charge >= 0.3 is 0 Å². The molecule has 0 aromatic heterocycles. The zero-order chi connectivity index (χ0) is 19.2. The molecule has 0 bridgehead atoms. The molecule has 0 radical (unpaired) electrons. The van der Waals surface area contributed by atoms with Gasteiger partial charge in [0, 0.05) is 41.1 Å². The number of rotatable bonds is 4. The van der Waals surface area contributed by atoms with E-state index in [2.05, 4.69) is 62.1 Å². The standard InChI is InChI=1S/C20H23IN4OS/c1-2-24-11-13-25(14-12-24)16-9-7-15(8-10-16)22-20(27)23-19(26)17-5-3-4-6-18(17)21/h3-10H,2,11-14H2,1H3,(H2,22,23,26,27). The van der Waals surface area contributed by atoms with Crippen LogP contribution < -0.4 is 15.5 Å². The molecule has 1 fully saturated rings. The van der Waals surface area contributed by atoms with Gasteiger partial charge in [-0.3, -0.25) is 10.1 Å². The highest BCUT2D eigenvalue weighted by molar-refractivity contribution is 14.1. The van der Waals surface area contributed by atoms with E-state index in [9.17, 15) is 4.79 Å². The molecule has 3 rings (SSSR count). The van der Waals surface area contributed by atoms with Crippen LogP contribution in [-0.2, 0) is 0 Å². The van der Waals surface area contributed by atoms with Crippen LogP contribution in [0, 0.1) is 3.57 Å². The third-order valence-electron chi connectivity index (χ3n) is 4.66. The number of piperazine rings is 1. The predicted molar refractivity (Wildman–Crippen MR) is 124 cm³/mol. The molecule has 0 spiro atoms. The smallest absolute Gasteiger partial charge is 0.258 e. The molecule has 2 N–H and O–H groups in total. The Morgan fingerprint density at radius 3 is 2.37 bits per heavy atom. The van der Waals surface area contributed by atoms with E-state index >= 15 is 0 Å². The Balaban J connectivity index is 1.54. The minimum atomic E-state index is -0.206. The molecule has 1 aliphatic rings. The molecular weight excluding hydrogens is 471 g/mol. The first kappa shape index (κ1) is 20.0. The van der Waals surface area contributed by atoms with Crippen LogP contribution in [0.4, 0.5) is 11.4 Å². The Labute approximate surface area is 179 Å². The molecule has 0 atom stereocenters. The summed E-state index contributed by atoms with van der Waals surface area (Å²) in [7, 11) is 0. The number of thiocarbonyl (C=S) groups is 1. The van der Waals surface area contributed by atoms with Crippen molar-refractivity contribution in [3.05, 3.63) is 57.7 Å². The van der Waals surface area contributed by atoms with Crippen LogP contribution in [0.25, 0.3) is 0 Å². The third-order valence-corrected chi connectivity index (χ3v) is 5.80. The number of hydrogen-bond acceptors (Lipinski definition) is 4. The Kier molecular flexibility index (Phi) is 7.03. The average Bonchev–Trinajstić information content (AvgIpc) is 2.69. The second kappa shape index (κ2) is 9.48. The fraction of sp³-hybridized carbons (Fsp3) is 0.300. The summed E-state index contributed by atoms with van der Waals surface area (Å²) in [4.78, 5) is 17.2. The van der Waals surface area contributed by atoms with Crippen LogP contribution in [0.3, 0.4) is 0 Å². The highest BCUT2D eigenvalue weighted by Crippen LogP contribution is 2.19. The summed E-state index contributed by atoms with van der Waals surface area (Å²) in [5, 5.41) is 6.11. The van der Waals surface area contributed by atoms with Gasteiger partial charge in [0.15, 0.2) is 5.11 Å². The van der Waals surface area contributed by atoms with Crippen molar-refractivity contribution in [3.63, 3.8) is 0 Å². The largest absolute Gasteiger partial charge is 0.369 e. The summed E-state index contributed by atoms with van der Waals surface area (Å²) in [6, 6.07) is 15.6. The summed E-state index contributed by atoms with van der Waals surface area (Å²) in [6.45, 7) is 7.61. The van der Waals surface area contributed by atoms with Crippen LogP contribution >= 0.6 is 34.8 Å². The van der Waals surface area contributed by atoms with E-state index in [-0.39, 0.29) is 5.91 Å². The highest BCUT2D eigenvalue weighted by Gasteiger charge is 2.16. The fourth-order valence-corrected chi connectivity index (χ4v) is 3.90. The maximum absolute atomic E-state index is 12.3. The normalized spacial score (nSPS) is 14.7. The number of carbonyl (C=O) groups is 1. The summed E-state index contributed by atoms with van der Waals surface area (Å²) in [6.07, 6.45) is 0. The van der Waals surface area contributed by atoms with Gasteiger partial charge in [-0.1, -0.05) is 19.1 Å². The lowest BCUT2D eigenvalue weighted by atomic mass is 10.2. The molecule has 1 heterocycles. The lowest BCUT2D eigenvalue weighted by Gasteiger charge is -2.35. The summed E-state index contributed by atoms with van der Waals surface area (Å²) in [5.74, 6) is -0.206. The maximum Gasteiger partial charge on any atom is 0.258 e. The highest BCUT2D eigenvalue weighted by atomic mass is 127. The number of nitrogens with zero attached hydrogens (tertiary/aromatic N) is 2. The number of halogens is 1. The molecule has 27 heavy (non-hydrogen) atoms. The van der Waals surface area contributed by atoms with Crippen molar-refractivity contribution in [2.24, 2.45) is 0 Å². The molecule has 2 aromatic carbocycles. The topological polar surface area (TPSA) is 47.6 Å². The van der Waals surface area contributed by atoms with Crippen molar-refractivity contribution in [2.45, 2.75) is 6.92 Å². The number of benzene rings is 2. The molecule has 7 heteroatoms. The van der Waals surface area contributed by atoms with Crippen molar-refractivity contribution in [3.8, 4) is 0 Å². The first-order valence-electron chi connectivity index (χ1n) is 9.01. The third kappa shape index (κ3) is 5.40. The molecule has 0 saturated carbocycles. The monoisotopic (exact) mass is 494 g/mol. The van der Waals surface area contributed by atoms with E-state index in [1.165, 1.54) is 5.69 Å². The zero-order valence-electron chi connectivity index (χ0n) is 15.2. The van der Waals surface area contributed by atoms with Gasteiger partial charge in [-0.2, -0.15) is 0 Å². The van der Waals surface area contributed by atoms with Crippen LogP contribution in [0.1, 0.15) is 17.3 Å². The van der Waals surface area contributed by atoms with E-state index in [0.717, 1.165) is 42.0 Å². The zero-order valence-corrected chi connectivity index (χ0v) is 18.2. The second-order valence-electron chi connectivity index (χ2n) is 6.36. The van der Waals surface area contributed by atoms with Crippen molar-refractivity contribution in [1.82, 2.24) is 10.2 Å². The number of carbonyl (C=O) groups excluding carboxylic acids is 1. The van der Waals surface area contributed by atoms with Gasteiger partial charge in [0.2, 0.25) is 0 Å². The van der Waals surface area contributed by atoms with Crippen LogP contribution in [0.15, 0.2) is 48.5 Å². The molecule has 0 unspecified atom stereocenters. The number of anilines is 2. The Bertz CT molecular complexity index is 804. The molecule has 1 amide bonds. The average molecular weight is 494 g/mol. The number of amides is 1. The van der Waals surface area contributed by atoms with E-state index < -0.39 is 0 Å². The van der Waals surface area contributed by atoms with Crippen molar-refractivity contribution in [1.29, 1.82) is 0 Å². The van der Waals surface area contributed by atoms with E-state index in [0.29, 0.717) is 10.7 Å². The summed E-state index contributed by atoms with van der Waals surface area (Å²) >= 11 is 7.42. The fourth-order valence-electron chi connectivity index (χ4n) is 3.06. The van der Waals surface area contributed by atoms with Gasteiger partial charge in [-0.15, -0.1) is 0 Å². The van der Waals surface area contributed by atoms with E-state index in [1.54, 1.807) is 6.07 Å². The summed E-state index contributed by atoms with van der Waals surface area (Å²) in [5.41, 5.74) is 2.69. The molecule has 142 valence electrons. The minimum absolute atomic E-state index is 0.206. The Morgan fingerprint density at radius 2 is 1.74 bits per heavy atom. The van der Waals surface area contributed by atoms with Gasteiger partial charge < -0.3 is 15.1 Å². The van der Waals surface area contributed by atoms with E-state index in [4.69, 9.17) is 12.2 Å². The van der Waals surface area contributed by atoms with E-state index in [1.807, 2.05) is 30.3 Å². The van der Waals surface area contributed by atoms with Crippen molar-refractivity contribution < 1.29 is 4.79 Å². The van der Waals surface area contributed by atoms with Gasteiger partial charge in [0.1, 0.15) is 0 Å². The van der Waals surface area contributed by atoms with Crippen molar-refractivity contribution in [2.75, 3.05) is 42.9 Å². The molecule has 0 aliphatic carbocycles. The molecule has 1 saturated heterocycles. The second-order valence-corrected chi connectivity index (χ2v) is 7.93. The number of nitrogens with one attached hydrogen (secondary N) is 2. The Morgan fingerprint density at radius 1 is 1.07 bits per heavy atom. The Hall–Kier alpha value is -1.71. The first-order chi connectivity index (χ1) is 13.1. The lowest BCUT2D eigenvalue weighted by molar-refractivity contribution is 0.0977. The van der Waals surface area contributed by atoms with Gasteiger partial charge in [-0.25, -0.2) is 0 Å². The van der Waals surface area contributed by atoms with Gasteiger partial charge in [0.25, 0.3) is 5.91 Å². The lowest BCUT2D eigenvalue weighted by Crippen LogP contribution is -2.46. The molecule has 5 nitrogen and oxygen atoms in total. The van der Waals surface area contributed by atoms with Gasteiger partial charge in [-0.05, 0) is 77.8 Å². The quantitative estimate of drug-likeness (QED) is 0.503. The summed E-state index contributed by atoms with van der Waals surface area (Å²) < 4.78 is 0.892. The van der Waals surface area contributed by atoms with Crippen molar-refractivity contribution >= 4 is 57.2 Å². The maximum atomic E-state index is 12.3.